The van der Waals surface area contributed by atoms with Gasteiger partial charge in [-0.15, -0.1) is 0 Å². The van der Waals surface area contributed by atoms with Gasteiger partial charge in [-0.3, -0.25) is 0 Å². The van der Waals surface area contributed by atoms with E-state index >= 15 is 0 Å². The first-order valence-corrected chi connectivity index (χ1v) is 5.31. The molecule has 2 N–H and O–H groups in total. The zero-order valence-electron chi connectivity index (χ0n) is 9.70. The maximum Gasteiger partial charge on any atom is 0.165 e. The molecule has 0 aliphatic heterocycles. The second-order valence-corrected chi connectivity index (χ2v) is 3.66. The SMILES string of the molecule is COC(C)COc1ccc(CCN)cc1F. The molecule has 0 saturated heterocycles. The summed E-state index contributed by atoms with van der Waals surface area (Å²) in [5, 5.41) is 0. The van der Waals surface area contributed by atoms with Crippen LogP contribution in [0, 0.1) is 5.82 Å². The molecule has 1 aromatic rings. The summed E-state index contributed by atoms with van der Waals surface area (Å²) in [6, 6.07) is 4.91. The fraction of sp³-hybridized carbons (Fsp3) is 0.500. The van der Waals surface area contributed by atoms with Gasteiger partial charge in [0.2, 0.25) is 0 Å². The Balaban J connectivity index is 2.60. The van der Waals surface area contributed by atoms with E-state index in [1.54, 1.807) is 13.2 Å². The van der Waals surface area contributed by atoms with Gasteiger partial charge in [-0.25, -0.2) is 4.39 Å². The van der Waals surface area contributed by atoms with Crippen molar-refractivity contribution in [3.05, 3.63) is 29.6 Å². The molecule has 1 aromatic carbocycles. The number of benzene rings is 1. The predicted octanol–water partition coefficient (Wildman–Crippen LogP) is 1.74. The Kier molecular flexibility index (Phi) is 5.22. The van der Waals surface area contributed by atoms with Crippen molar-refractivity contribution in [3.63, 3.8) is 0 Å². The quantitative estimate of drug-likeness (QED) is 0.805. The molecule has 0 heterocycles. The zero-order valence-corrected chi connectivity index (χ0v) is 9.70. The molecule has 1 unspecified atom stereocenters. The van der Waals surface area contributed by atoms with Crippen LogP contribution in [-0.2, 0) is 11.2 Å². The molecule has 16 heavy (non-hydrogen) atoms. The highest BCUT2D eigenvalue weighted by atomic mass is 19.1. The Morgan fingerprint density at radius 1 is 1.44 bits per heavy atom. The van der Waals surface area contributed by atoms with Crippen molar-refractivity contribution < 1.29 is 13.9 Å². The van der Waals surface area contributed by atoms with Gasteiger partial charge in [0.1, 0.15) is 6.61 Å². The van der Waals surface area contributed by atoms with Crippen LogP contribution >= 0.6 is 0 Å². The van der Waals surface area contributed by atoms with E-state index in [4.69, 9.17) is 15.2 Å². The molecule has 0 aromatic heterocycles. The van der Waals surface area contributed by atoms with Crippen LogP contribution < -0.4 is 10.5 Å². The standard InChI is InChI=1S/C12H18FNO2/c1-9(15-2)8-16-12-4-3-10(5-6-14)7-11(12)13/h3-4,7,9H,5-6,8,14H2,1-2H3. The number of hydrogen-bond acceptors (Lipinski definition) is 3. The second-order valence-electron chi connectivity index (χ2n) is 3.66. The molecule has 4 heteroatoms. The van der Waals surface area contributed by atoms with Crippen LogP contribution in [0.3, 0.4) is 0 Å². The summed E-state index contributed by atoms with van der Waals surface area (Å²) < 4.78 is 23.8. The van der Waals surface area contributed by atoms with Gasteiger partial charge in [0.05, 0.1) is 6.10 Å². The molecule has 1 atom stereocenters. The topological polar surface area (TPSA) is 44.5 Å². The Morgan fingerprint density at radius 2 is 2.19 bits per heavy atom. The highest BCUT2D eigenvalue weighted by Gasteiger charge is 2.06. The lowest BCUT2D eigenvalue weighted by molar-refractivity contribution is 0.0702. The summed E-state index contributed by atoms with van der Waals surface area (Å²) >= 11 is 0. The van der Waals surface area contributed by atoms with Crippen molar-refractivity contribution in [1.29, 1.82) is 0 Å². The smallest absolute Gasteiger partial charge is 0.165 e. The molecule has 0 spiro atoms. The van der Waals surface area contributed by atoms with Crippen molar-refractivity contribution in [2.75, 3.05) is 20.3 Å². The summed E-state index contributed by atoms with van der Waals surface area (Å²) in [4.78, 5) is 0. The van der Waals surface area contributed by atoms with Crippen LogP contribution in [-0.4, -0.2) is 26.4 Å². The lowest BCUT2D eigenvalue weighted by atomic mass is 10.1. The Morgan fingerprint density at radius 3 is 2.75 bits per heavy atom. The minimum absolute atomic E-state index is 0.0527. The first-order chi connectivity index (χ1) is 7.67. The molecular formula is C12H18FNO2. The van der Waals surface area contributed by atoms with Gasteiger partial charge in [-0.1, -0.05) is 6.07 Å². The van der Waals surface area contributed by atoms with Gasteiger partial charge < -0.3 is 15.2 Å². The van der Waals surface area contributed by atoms with Crippen LogP contribution in [0.25, 0.3) is 0 Å². The molecule has 0 radical (unpaired) electrons. The summed E-state index contributed by atoms with van der Waals surface area (Å²) in [6.07, 6.45) is 0.620. The summed E-state index contributed by atoms with van der Waals surface area (Å²) in [6.45, 7) is 2.71. The molecule has 0 aliphatic carbocycles. The molecule has 1 rings (SSSR count). The number of hydrogen-bond donors (Lipinski definition) is 1. The molecule has 0 amide bonds. The van der Waals surface area contributed by atoms with Crippen LogP contribution in [0.1, 0.15) is 12.5 Å². The fourth-order valence-corrected chi connectivity index (χ4v) is 1.26. The normalized spacial score (nSPS) is 12.5. The van der Waals surface area contributed by atoms with E-state index in [0.29, 0.717) is 19.6 Å². The van der Waals surface area contributed by atoms with E-state index in [1.165, 1.54) is 6.07 Å². The average Bonchev–Trinajstić information content (AvgIpc) is 2.28. The number of methoxy groups -OCH3 is 1. The van der Waals surface area contributed by atoms with Gasteiger partial charge in [-0.05, 0) is 37.6 Å². The fourth-order valence-electron chi connectivity index (χ4n) is 1.26. The molecule has 0 fully saturated rings. The van der Waals surface area contributed by atoms with Gasteiger partial charge >= 0.3 is 0 Å². The molecule has 0 bridgehead atoms. The van der Waals surface area contributed by atoms with Crippen molar-refractivity contribution in [2.24, 2.45) is 5.73 Å². The second kappa shape index (κ2) is 6.45. The molecule has 0 saturated carbocycles. The van der Waals surface area contributed by atoms with E-state index in [-0.39, 0.29) is 17.7 Å². The molecule has 3 nitrogen and oxygen atoms in total. The largest absolute Gasteiger partial charge is 0.488 e. The van der Waals surface area contributed by atoms with Crippen LogP contribution in [0.2, 0.25) is 0 Å². The minimum atomic E-state index is -0.353. The number of halogens is 1. The molecule has 0 aliphatic rings. The van der Waals surface area contributed by atoms with Crippen LogP contribution in [0.5, 0.6) is 5.75 Å². The number of rotatable bonds is 6. The highest BCUT2D eigenvalue weighted by molar-refractivity contribution is 5.29. The van der Waals surface area contributed by atoms with Gasteiger partial charge in [0.25, 0.3) is 0 Å². The van der Waals surface area contributed by atoms with Crippen LogP contribution in [0.15, 0.2) is 18.2 Å². The third kappa shape index (κ3) is 3.79. The summed E-state index contributed by atoms with van der Waals surface area (Å²) in [5.74, 6) is -0.0982. The molecule has 90 valence electrons. The zero-order chi connectivity index (χ0) is 12.0. The third-order valence-electron chi connectivity index (χ3n) is 2.31. The minimum Gasteiger partial charge on any atom is -0.488 e. The van der Waals surface area contributed by atoms with Gasteiger partial charge in [0, 0.05) is 7.11 Å². The Hall–Kier alpha value is -1.13. The van der Waals surface area contributed by atoms with E-state index < -0.39 is 0 Å². The van der Waals surface area contributed by atoms with Crippen molar-refractivity contribution >= 4 is 0 Å². The first-order valence-electron chi connectivity index (χ1n) is 5.31. The van der Waals surface area contributed by atoms with E-state index in [1.807, 2.05) is 13.0 Å². The summed E-state index contributed by atoms with van der Waals surface area (Å²) in [5.41, 5.74) is 6.28. The van der Waals surface area contributed by atoms with Crippen molar-refractivity contribution in [3.8, 4) is 5.75 Å². The van der Waals surface area contributed by atoms with E-state index in [0.717, 1.165) is 5.56 Å². The first kappa shape index (κ1) is 12.9. The van der Waals surface area contributed by atoms with E-state index in [2.05, 4.69) is 0 Å². The Bertz CT molecular complexity index is 331. The monoisotopic (exact) mass is 227 g/mol. The molecular weight excluding hydrogens is 209 g/mol. The lowest BCUT2D eigenvalue weighted by Crippen LogP contribution is -2.16. The third-order valence-corrected chi connectivity index (χ3v) is 2.31. The predicted molar refractivity (Wildman–Crippen MR) is 61.1 cm³/mol. The van der Waals surface area contributed by atoms with Crippen molar-refractivity contribution in [1.82, 2.24) is 0 Å². The highest BCUT2D eigenvalue weighted by Crippen LogP contribution is 2.18. The maximum absolute atomic E-state index is 13.5. The van der Waals surface area contributed by atoms with Gasteiger partial charge in [0.15, 0.2) is 11.6 Å². The summed E-state index contributed by atoms with van der Waals surface area (Å²) in [7, 11) is 1.59. The average molecular weight is 227 g/mol. The maximum atomic E-state index is 13.5. The van der Waals surface area contributed by atoms with Crippen molar-refractivity contribution in [2.45, 2.75) is 19.4 Å². The number of nitrogens with two attached hydrogens (primary N) is 1. The number of ether oxygens (including phenoxy) is 2. The lowest BCUT2D eigenvalue weighted by Gasteiger charge is -2.12. The Labute approximate surface area is 95.4 Å². The van der Waals surface area contributed by atoms with Gasteiger partial charge in [-0.2, -0.15) is 0 Å². The van der Waals surface area contributed by atoms with E-state index in [9.17, 15) is 4.39 Å². The van der Waals surface area contributed by atoms with Crippen LogP contribution in [0.4, 0.5) is 4.39 Å².